The van der Waals surface area contributed by atoms with Crippen molar-refractivity contribution in [3.05, 3.63) is 35.4 Å². The molecule has 0 spiro atoms. The van der Waals surface area contributed by atoms with Gasteiger partial charge in [-0.05, 0) is 31.5 Å². The second-order valence-electron chi connectivity index (χ2n) is 4.79. The highest BCUT2D eigenvalue weighted by molar-refractivity contribution is 5.76. The highest BCUT2D eigenvalue weighted by Gasteiger charge is 2.27. The fourth-order valence-corrected chi connectivity index (χ4v) is 1.62. The fraction of sp³-hybridized carbons (Fsp3) is 0.429. The maximum absolute atomic E-state index is 11.5. The summed E-state index contributed by atoms with van der Waals surface area (Å²) in [6, 6.07) is 9.49. The number of carbonyl (C=O) groups excluding carboxylic acids is 1. The predicted molar refractivity (Wildman–Crippen MR) is 68.7 cm³/mol. The normalized spacial score (nSPS) is 10.8. The molecule has 0 fully saturated rings. The first-order valence-electron chi connectivity index (χ1n) is 5.78. The number of hydrogen-bond acceptors (Lipinski definition) is 4. The zero-order chi connectivity index (χ0) is 13.6. The summed E-state index contributed by atoms with van der Waals surface area (Å²) < 4.78 is 4.73. The number of nitriles is 1. The molecule has 1 aromatic carbocycles. The molecule has 1 aromatic rings. The molecule has 0 bridgehead atoms. The van der Waals surface area contributed by atoms with E-state index in [9.17, 15) is 4.79 Å². The largest absolute Gasteiger partial charge is 0.469 e. The molecule has 1 rings (SSSR count). The van der Waals surface area contributed by atoms with Gasteiger partial charge in [-0.1, -0.05) is 12.1 Å². The van der Waals surface area contributed by atoms with E-state index in [0.29, 0.717) is 18.7 Å². The number of carbonyl (C=O) groups is 1. The van der Waals surface area contributed by atoms with E-state index in [2.05, 4.69) is 11.4 Å². The molecule has 18 heavy (non-hydrogen) atoms. The molecule has 1 N–H and O–H groups in total. The summed E-state index contributed by atoms with van der Waals surface area (Å²) in [7, 11) is 1.39. The molecule has 0 aromatic heterocycles. The SMILES string of the molecule is COC(=O)C(C)(C)CNCc1cccc(C#N)c1. The van der Waals surface area contributed by atoms with Crippen molar-refractivity contribution in [1.82, 2.24) is 5.32 Å². The molecule has 0 amide bonds. The van der Waals surface area contributed by atoms with Gasteiger partial charge in [-0.25, -0.2) is 0 Å². The minimum Gasteiger partial charge on any atom is -0.469 e. The van der Waals surface area contributed by atoms with E-state index in [-0.39, 0.29) is 5.97 Å². The Morgan fingerprint density at radius 3 is 2.83 bits per heavy atom. The van der Waals surface area contributed by atoms with Crippen molar-refractivity contribution in [2.75, 3.05) is 13.7 Å². The third kappa shape index (κ3) is 3.86. The van der Waals surface area contributed by atoms with Crippen LogP contribution in [-0.2, 0) is 16.1 Å². The Kier molecular flexibility index (Phi) is 4.87. The van der Waals surface area contributed by atoms with Crippen LogP contribution in [0, 0.1) is 16.7 Å². The lowest BCUT2D eigenvalue weighted by atomic mass is 9.93. The van der Waals surface area contributed by atoms with Gasteiger partial charge < -0.3 is 10.1 Å². The second-order valence-corrected chi connectivity index (χ2v) is 4.79. The molecule has 4 heteroatoms. The number of benzene rings is 1. The first kappa shape index (κ1) is 14.2. The van der Waals surface area contributed by atoms with Gasteiger partial charge in [0.2, 0.25) is 0 Å². The Labute approximate surface area is 108 Å². The van der Waals surface area contributed by atoms with Crippen molar-refractivity contribution in [2.45, 2.75) is 20.4 Å². The highest BCUT2D eigenvalue weighted by Crippen LogP contribution is 2.15. The Balaban J connectivity index is 2.51. The Bertz CT molecular complexity index is 461. The van der Waals surface area contributed by atoms with Crippen LogP contribution in [0.2, 0.25) is 0 Å². The van der Waals surface area contributed by atoms with Gasteiger partial charge in [0.1, 0.15) is 0 Å². The molecule has 0 heterocycles. The van der Waals surface area contributed by atoms with E-state index in [1.165, 1.54) is 7.11 Å². The van der Waals surface area contributed by atoms with Crippen LogP contribution in [0.5, 0.6) is 0 Å². The van der Waals surface area contributed by atoms with Gasteiger partial charge in [0.05, 0.1) is 24.2 Å². The number of esters is 1. The average Bonchev–Trinajstić information content (AvgIpc) is 2.37. The number of rotatable bonds is 5. The molecule has 0 saturated carbocycles. The van der Waals surface area contributed by atoms with Gasteiger partial charge in [0, 0.05) is 13.1 Å². The van der Waals surface area contributed by atoms with E-state index in [1.807, 2.05) is 32.0 Å². The van der Waals surface area contributed by atoms with Crippen molar-refractivity contribution in [1.29, 1.82) is 5.26 Å². The molecule has 0 unspecified atom stereocenters. The summed E-state index contributed by atoms with van der Waals surface area (Å²) in [5, 5.41) is 12.0. The number of nitrogens with one attached hydrogen (secondary N) is 1. The minimum absolute atomic E-state index is 0.235. The lowest BCUT2D eigenvalue weighted by molar-refractivity contribution is -0.150. The van der Waals surface area contributed by atoms with Crippen LogP contribution in [0.25, 0.3) is 0 Å². The zero-order valence-electron chi connectivity index (χ0n) is 11.0. The van der Waals surface area contributed by atoms with Gasteiger partial charge in [0.25, 0.3) is 0 Å². The summed E-state index contributed by atoms with van der Waals surface area (Å²) in [6.07, 6.45) is 0. The van der Waals surface area contributed by atoms with Crippen LogP contribution in [0.1, 0.15) is 25.0 Å². The third-order valence-electron chi connectivity index (χ3n) is 2.69. The summed E-state index contributed by atoms with van der Waals surface area (Å²) in [5.74, 6) is -0.235. The van der Waals surface area contributed by atoms with E-state index >= 15 is 0 Å². The van der Waals surface area contributed by atoms with Gasteiger partial charge in [-0.15, -0.1) is 0 Å². The Morgan fingerprint density at radius 2 is 2.22 bits per heavy atom. The Morgan fingerprint density at radius 1 is 1.50 bits per heavy atom. The van der Waals surface area contributed by atoms with E-state index in [4.69, 9.17) is 10.00 Å². The van der Waals surface area contributed by atoms with Crippen molar-refractivity contribution in [3.8, 4) is 6.07 Å². The fourth-order valence-electron chi connectivity index (χ4n) is 1.62. The summed E-state index contributed by atoms with van der Waals surface area (Å²) in [6.45, 7) is 4.81. The second kappa shape index (κ2) is 6.18. The summed E-state index contributed by atoms with van der Waals surface area (Å²) in [4.78, 5) is 11.5. The maximum Gasteiger partial charge on any atom is 0.312 e. The molecule has 0 aliphatic heterocycles. The van der Waals surface area contributed by atoms with Crippen LogP contribution in [0.15, 0.2) is 24.3 Å². The molecule has 0 aliphatic rings. The predicted octanol–water partition coefficient (Wildman–Crippen LogP) is 1.85. The quantitative estimate of drug-likeness (QED) is 0.805. The zero-order valence-corrected chi connectivity index (χ0v) is 11.0. The monoisotopic (exact) mass is 246 g/mol. The number of nitrogens with zero attached hydrogens (tertiary/aromatic N) is 1. The first-order chi connectivity index (χ1) is 8.49. The molecule has 0 saturated heterocycles. The summed E-state index contributed by atoms with van der Waals surface area (Å²) >= 11 is 0. The molecule has 96 valence electrons. The van der Waals surface area contributed by atoms with Gasteiger partial charge in [0.15, 0.2) is 0 Å². The van der Waals surface area contributed by atoms with E-state index in [0.717, 1.165) is 5.56 Å². The standard InChI is InChI=1S/C14H18N2O2/c1-14(2,13(17)18-3)10-16-9-12-6-4-5-11(7-12)8-15/h4-7,16H,9-10H2,1-3H3. The molecule has 4 nitrogen and oxygen atoms in total. The lowest BCUT2D eigenvalue weighted by Crippen LogP contribution is -2.36. The van der Waals surface area contributed by atoms with Crippen LogP contribution < -0.4 is 5.32 Å². The topological polar surface area (TPSA) is 62.1 Å². The molecule has 0 radical (unpaired) electrons. The summed E-state index contributed by atoms with van der Waals surface area (Å²) in [5.41, 5.74) is 1.11. The number of ether oxygens (including phenoxy) is 1. The van der Waals surface area contributed by atoms with E-state index in [1.54, 1.807) is 6.07 Å². The first-order valence-corrected chi connectivity index (χ1v) is 5.78. The lowest BCUT2D eigenvalue weighted by Gasteiger charge is -2.21. The van der Waals surface area contributed by atoms with E-state index < -0.39 is 5.41 Å². The van der Waals surface area contributed by atoms with Crippen molar-refractivity contribution < 1.29 is 9.53 Å². The highest BCUT2D eigenvalue weighted by atomic mass is 16.5. The number of hydrogen-bond donors (Lipinski definition) is 1. The van der Waals surface area contributed by atoms with Crippen LogP contribution in [0.4, 0.5) is 0 Å². The van der Waals surface area contributed by atoms with Crippen molar-refractivity contribution >= 4 is 5.97 Å². The molecule has 0 atom stereocenters. The molecular weight excluding hydrogens is 228 g/mol. The van der Waals surface area contributed by atoms with Gasteiger partial charge in [-0.3, -0.25) is 4.79 Å². The average molecular weight is 246 g/mol. The Hall–Kier alpha value is -1.86. The van der Waals surface area contributed by atoms with Gasteiger partial charge in [-0.2, -0.15) is 5.26 Å². The molecular formula is C14H18N2O2. The smallest absolute Gasteiger partial charge is 0.312 e. The van der Waals surface area contributed by atoms with Crippen molar-refractivity contribution in [3.63, 3.8) is 0 Å². The maximum atomic E-state index is 11.5. The minimum atomic E-state index is -0.554. The van der Waals surface area contributed by atoms with Crippen molar-refractivity contribution in [2.24, 2.45) is 5.41 Å². The molecule has 0 aliphatic carbocycles. The van der Waals surface area contributed by atoms with Crippen LogP contribution in [0.3, 0.4) is 0 Å². The number of methoxy groups -OCH3 is 1. The third-order valence-corrected chi connectivity index (χ3v) is 2.69. The van der Waals surface area contributed by atoms with Crippen LogP contribution >= 0.6 is 0 Å². The van der Waals surface area contributed by atoms with Gasteiger partial charge >= 0.3 is 5.97 Å². The van der Waals surface area contributed by atoms with Crippen LogP contribution in [-0.4, -0.2) is 19.6 Å².